The van der Waals surface area contributed by atoms with Crippen LogP contribution < -0.4 is 4.74 Å². The minimum absolute atomic E-state index is 0.216. The Labute approximate surface area is 113 Å². The molecule has 1 saturated carbocycles. The molecule has 1 aromatic carbocycles. The number of Topliss-reactive ketones (excluding diaryl/α,β-unsaturated/α-hetero) is 1. The molecule has 1 fully saturated rings. The Morgan fingerprint density at radius 3 is 2.89 bits per heavy atom. The summed E-state index contributed by atoms with van der Waals surface area (Å²) in [5, 5.41) is 0.698. The van der Waals surface area contributed by atoms with Crippen molar-refractivity contribution < 1.29 is 9.53 Å². The van der Waals surface area contributed by atoms with Crippen LogP contribution in [0.25, 0.3) is 0 Å². The monoisotopic (exact) mass is 264 g/mol. The molecule has 0 N–H and O–H groups in total. The molecule has 0 saturated heterocycles. The first-order valence-corrected chi connectivity index (χ1v) is 7.72. The van der Waals surface area contributed by atoms with Crippen LogP contribution in [-0.2, 0) is 0 Å². The Morgan fingerprint density at radius 1 is 1.39 bits per heavy atom. The second-order valence-electron chi connectivity index (χ2n) is 4.60. The number of hydrogen-bond acceptors (Lipinski definition) is 3. The molecule has 0 aromatic heterocycles. The molecule has 0 aliphatic heterocycles. The summed E-state index contributed by atoms with van der Waals surface area (Å²) in [6.07, 6.45) is 5.20. The Balaban J connectivity index is 1.89. The van der Waals surface area contributed by atoms with Gasteiger partial charge in [0.1, 0.15) is 5.75 Å². The van der Waals surface area contributed by atoms with Crippen molar-refractivity contribution >= 4 is 17.5 Å². The first-order chi connectivity index (χ1) is 8.79. The lowest BCUT2D eigenvalue weighted by molar-refractivity contribution is 0.102. The second kappa shape index (κ2) is 6.83. The van der Waals surface area contributed by atoms with Crippen LogP contribution in [-0.4, -0.2) is 23.4 Å². The fourth-order valence-electron chi connectivity index (χ4n) is 2.26. The highest BCUT2D eigenvalue weighted by Crippen LogP contribution is 2.29. The predicted octanol–water partition coefficient (Wildman–Crippen LogP) is 3.94. The van der Waals surface area contributed by atoms with E-state index in [2.05, 4.69) is 0 Å². The lowest BCUT2D eigenvalue weighted by Crippen LogP contribution is -2.06. The maximum absolute atomic E-state index is 12.1. The third-order valence-electron chi connectivity index (χ3n) is 3.22. The van der Waals surface area contributed by atoms with E-state index in [1.165, 1.54) is 25.7 Å². The Kier molecular flexibility index (Phi) is 5.12. The van der Waals surface area contributed by atoms with Crippen LogP contribution in [0.4, 0.5) is 0 Å². The van der Waals surface area contributed by atoms with Gasteiger partial charge in [-0.15, -0.1) is 0 Å². The lowest BCUT2D eigenvalue weighted by atomic mass is 10.1. The Bertz CT molecular complexity index is 397. The van der Waals surface area contributed by atoms with Crippen LogP contribution in [0.5, 0.6) is 5.75 Å². The number of ether oxygens (including phenoxy) is 1. The van der Waals surface area contributed by atoms with E-state index >= 15 is 0 Å². The van der Waals surface area contributed by atoms with Crippen molar-refractivity contribution in [1.29, 1.82) is 0 Å². The molecule has 0 unspecified atom stereocenters. The lowest BCUT2D eigenvalue weighted by Gasteiger charge is -2.08. The first kappa shape index (κ1) is 13.5. The van der Waals surface area contributed by atoms with Gasteiger partial charge in [0.15, 0.2) is 5.78 Å². The minimum atomic E-state index is 0.216. The van der Waals surface area contributed by atoms with E-state index in [0.717, 1.165) is 11.3 Å². The SMILES string of the molecule is CCOc1cccc(C(=O)CSC2CCCC2)c1. The fourth-order valence-corrected chi connectivity index (χ4v) is 3.48. The minimum Gasteiger partial charge on any atom is -0.494 e. The summed E-state index contributed by atoms with van der Waals surface area (Å²) in [7, 11) is 0. The average Bonchev–Trinajstić information content (AvgIpc) is 2.90. The van der Waals surface area contributed by atoms with Gasteiger partial charge in [0, 0.05) is 10.8 Å². The molecule has 0 atom stereocenters. The number of hydrogen-bond donors (Lipinski definition) is 0. The molecule has 1 aromatic rings. The van der Waals surface area contributed by atoms with Gasteiger partial charge < -0.3 is 4.74 Å². The Hall–Kier alpha value is -0.960. The second-order valence-corrected chi connectivity index (χ2v) is 5.89. The zero-order chi connectivity index (χ0) is 12.8. The van der Waals surface area contributed by atoms with Crippen molar-refractivity contribution in [2.45, 2.75) is 37.9 Å². The smallest absolute Gasteiger partial charge is 0.172 e. The van der Waals surface area contributed by atoms with Crippen LogP contribution >= 0.6 is 11.8 Å². The molecule has 0 amide bonds. The van der Waals surface area contributed by atoms with Crippen LogP contribution in [0.1, 0.15) is 43.0 Å². The molecule has 98 valence electrons. The molecule has 0 spiro atoms. The fraction of sp³-hybridized carbons (Fsp3) is 0.533. The highest BCUT2D eigenvalue weighted by Gasteiger charge is 2.17. The summed E-state index contributed by atoms with van der Waals surface area (Å²) in [4.78, 5) is 12.1. The zero-order valence-electron chi connectivity index (χ0n) is 10.9. The van der Waals surface area contributed by atoms with Gasteiger partial charge in [-0.1, -0.05) is 25.0 Å². The van der Waals surface area contributed by atoms with Crippen molar-refractivity contribution in [3.63, 3.8) is 0 Å². The maximum atomic E-state index is 12.1. The highest BCUT2D eigenvalue weighted by molar-refractivity contribution is 8.00. The van der Waals surface area contributed by atoms with Gasteiger partial charge >= 0.3 is 0 Å². The van der Waals surface area contributed by atoms with Crippen LogP contribution in [0, 0.1) is 0 Å². The van der Waals surface area contributed by atoms with Gasteiger partial charge in [-0.3, -0.25) is 4.79 Å². The van der Waals surface area contributed by atoms with E-state index < -0.39 is 0 Å². The molecule has 1 aliphatic carbocycles. The van der Waals surface area contributed by atoms with E-state index in [1.54, 1.807) is 0 Å². The van der Waals surface area contributed by atoms with Crippen molar-refractivity contribution in [2.75, 3.05) is 12.4 Å². The quantitative estimate of drug-likeness (QED) is 0.728. The van der Waals surface area contributed by atoms with Gasteiger partial charge in [0.05, 0.1) is 12.4 Å². The van der Waals surface area contributed by atoms with E-state index in [4.69, 9.17) is 4.74 Å². The van der Waals surface area contributed by atoms with Crippen molar-refractivity contribution in [1.82, 2.24) is 0 Å². The summed E-state index contributed by atoms with van der Waals surface area (Å²) in [6, 6.07) is 7.50. The summed E-state index contributed by atoms with van der Waals surface area (Å²) in [6.45, 7) is 2.58. The van der Waals surface area contributed by atoms with Gasteiger partial charge in [-0.2, -0.15) is 11.8 Å². The van der Waals surface area contributed by atoms with Crippen molar-refractivity contribution in [3.05, 3.63) is 29.8 Å². The van der Waals surface area contributed by atoms with Crippen LogP contribution in [0.2, 0.25) is 0 Å². The number of thioether (sulfide) groups is 1. The summed E-state index contributed by atoms with van der Waals surface area (Å²) < 4.78 is 5.42. The average molecular weight is 264 g/mol. The normalized spacial score (nSPS) is 15.8. The molecule has 0 radical (unpaired) electrons. The third-order valence-corrected chi connectivity index (χ3v) is 4.59. The number of benzene rings is 1. The van der Waals surface area contributed by atoms with Crippen LogP contribution in [0.15, 0.2) is 24.3 Å². The van der Waals surface area contributed by atoms with Crippen molar-refractivity contribution in [2.24, 2.45) is 0 Å². The topological polar surface area (TPSA) is 26.3 Å². The molecular weight excluding hydrogens is 244 g/mol. The number of carbonyl (C=O) groups excluding carboxylic acids is 1. The van der Waals surface area contributed by atoms with Crippen LogP contribution in [0.3, 0.4) is 0 Å². The van der Waals surface area contributed by atoms with Gasteiger partial charge in [-0.25, -0.2) is 0 Å². The molecule has 0 bridgehead atoms. The summed E-state index contributed by atoms with van der Waals surface area (Å²) in [5.74, 6) is 1.60. The number of rotatable bonds is 6. The van der Waals surface area contributed by atoms with Gasteiger partial charge in [0.25, 0.3) is 0 Å². The molecule has 2 rings (SSSR count). The summed E-state index contributed by atoms with van der Waals surface area (Å²) >= 11 is 1.82. The zero-order valence-corrected chi connectivity index (χ0v) is 11.7. The number of ketones is 1. The highest BCUT2D eigenvalue weighted by atomic mass is 32.2. The largest absolute Gasteiger partial charge is 0.494 e. The predicted molar refractivity (Wildman–Crippen MR) is 76.7 cm³/mol. The molecule has 2 nitrogen and oxygen atoms in total. The molecular formula is C15H20O2S. The van der Waals surface area contributed by atoms with Gasteiger partial charge in [0.2, 0.25) is 0 Å². The molecule has 3 heteroatoms. The van der Waals surface area contributed by atoms with Gasteiger partial charge in [-0.05, 0) is 31.9 Å². The van der Waals surface area contributed by atoms with Crippen molar-refractivity contribution in [3.8, 4) is 5.75 Å². The van der Waals surface area contributed by atoms with E-state index in [-0.39, 0.29) is 5.78 Å². The van der Waals surface area contributed by atoms with E-state index in [9.17, 15) is 4.79 Å². The maximum Gasteiger partial charge on any atom is 0.172 e. The van der Waals surface area contributed by atoms with E-state index in [0.29, 0.717) is 17.6 Å². The molecule has 0 heterocycles. The Morgan fingerprint density at radius 2 is 2.17 bits per heavy atom. The summed E-state index contributed by atoms with van der Waals surface area (Å²) in [5.41, 5.74) is 0.770. The molecule has 18 heavy (non-hydrogen) atoms. The first-order valence-electron chi connectivity index (χ1n) is 6.67. The third kappa shape index (κ3) is 3.77. The molecule has 1 aliphatic rings. The number of carbonyl (C=O) groups is 1. The standard InChI is InChI=1S/C15H20O2S/c1-2-17-13-7-5-6-12(10-13)15(16)11-18-14-8-3-4-9-14/h5-7,10,14H,2-4,8-9,11H2,1H3. The van der Waals surface area contributed by atoms with E-state index in [1.807, 2.05) is 43.0 Å².